The van der Waals surface area contributed by atoms with Gasteiger partial charge in [-0.15, -0.1) is 0 Å². The number of amides is 1. The van der Waals surface area contributed by atoms with Gasteiger partial charge in [0.15, 0.2) is 11.1 Å². The van der Waals surface area contributed by atoms with Crippen LogP contribution in [-0.4, -0.2) is 38.1 Å². The molecule has 1 aromatic carbocycles. The number of hydrogen-bond acceptors (Lipinski definition) is 3. The maximum Gasteiger partial charge on any atom is 0.257 e. The molecule has 1 saturated carbocycles. The van der Waals surface area contributed by atoms with Crippen molar-refractivity contribution in [3.63, 3.8) is 0 Å². The van der Waals surface area contributed by atoms with Gasteiger partial charge in [0.25, 0.3) is 5.91 Å². The molecule has 1 aromatic rings. The van der Waals surface area contributed by atoms with Crippen LogP contribution in [0.2, 0.25) is 0 Å². The molecule has 0 radical (unpaired) electrons. The van der Waals surface area contributed by atoms with Crippen molar-refractivity contribution in [3.8, 4) is 5.75 Å². The minimum atomic E-state index is -2.16. The Labute approximate surface area is 194 Å². The molecule has 2 fully saturated rings. The van der Waals surface area contributed by atoms with Crippen molar-refractivity contribution in [1.29, 1.82) is 0 Å². The van der Waals surface area contributed by atoms with Crippen LogP contribution in [0.5, 0.6) is 5.75 Å². The second kappa shape index (κ2) is 11.6. The molecule has 4 atom stereocenters. The molecule has 1 aliphatic carbocycles. The molecular formula is C25H38FNO4S. The van der Waals surface area contributed by atoms with E-state index in [0.717, 1.165) is 50.5 Å². The highest BCUT2D eigenvalue weighted by molar-refractivity contribution is 7.79. The Morgan fingerprint density at radius 2 is 1.97 bits per heavy atom. The van der Waals surface area contributed by atoms with Gasteiger partial charge in [-0.2, -0.15) is 0 Å². The Bertz CT molecular complexity index is 813. The monoisotopic (exact) mass is 467 g/mol. The third-order valence-electron chi connectivity index (χ3n) is 6.93. The number of hydrogen-bond donors (Lipinski definition) is 1. The average Bonchev–Trinajstić information content (AvgIpc) is 3.52. The second-order valence-corrected chi connectivity index (χ2v) is 10.4. The van der Waals surface area contributed by atoms with Crippen LogP contribution in [0.4, 0.5) is 4.39 Å². The van der Waals surface area contributed by atoms with Crippen LogP contribution in [0.1, 0.15) is 100 Å². The number of nitrogens with zero attached hydrogens (tertiary/aromatic N) is 1. The van der Waals surface area contributed by atoms with Gasteiger partial charge >= 0.3 is 0 Å². The average molecular weight is 468 g/mol. The smallest absolute Gasteiger partial charge is 0.257 e. The number of carbonyl (C=O) groups is 1. The fourth-order valence-corrected chi connectivity index (χ4v) is 5.95. The first-order chi connectivity index (χ1) is 15.4. The molecule has 7 heteroatoms. The second-order valence-electron chi connectivity index (χ2n) is 9.37. The fourth-order valence-electron chi connectivity index (χ4n) is 4.87. The van der Waals surface area contributed by atoms with Crippen LogP contribution in [0.25, 0.3) is 0 Å². The van der Waals surface area contributed by atoms with Crippen LogP contribution >= 0.6 is 0 Å². The predicted octanol–water partition coefficient (Wildman–Crippen LogP) is 6.11. The van der Waals surface area contributed by atoms with Gasteiger partial charge in [0.05, 0.1) is 12.2 Å². The summed E-state index contributed by atoms with van der Waals surface area (Å²) < 4.78 is 43.0. The number of unbranched alkanes of at least 4 members (excludes halogenated alkanes) is 1. The largest absolute Gasteiger partial charge is 0.493 e. The van der Waals surface area contributed by atoms with Crippen molar-refractivity contribution >= 4 is 17.0 Å². The van der Waals surface area contributed by atoms with Crippen LogP contribution < -0.4 is 4.74 Å². The zero-order valence-electron chi connectivity index (χ0n) is 19.6. The fraction of sp³-hybridized carbons (Fsp3) is 0.720. The maximum atomic E-state index is 15.1. The first-order valence-corrected chi connectivity index (χ1v) is 13.4. The van der Waals surface area contributed by atoms with E-state index in [-0.39, 0.29) is 11.5 Å². The predicted molar refractivity (Wildman–Crippen MR) is 126 cm³/mol. The zero-order valence-corrected chi connectivity index (χ0v) is 20.5. The Morgan fingerprint density at radius 3 is 2.56 bits per heavy atom. The molecule has 5 nitrogen and oxygen atoms in total. The van der Waals surface area contributed by atoms with Crippen molar-refractivity contribution in [2.45, 2.75) is 89.9 Å². The van der Waals surface area contributed by atoms with Gasteiger partial charge in [-0.05, 0) is 61.5 Å². The molecule has 1 heterocycles. The van der Waals surface area contributed by atoms with E-state index >= 15 is 4.39 Å². The number of carbonyl (C=O) groups excluding carboxylic acids is 1. The van der Waals surface area contributed by atoms with Gasteiger partial charge in [0.1, 0.15) is 16.9 Å². The Morgan fingerprint density at radius 1 is 1.22 bits per heavy atom. The van der Waals surface area contributed by atoms with Gasteiger partial charge in [0, 0.05) is 12.6 Å². The van der Waals surface area contributed by atoms with Crippen LogP contribution in [0, 0.1) is 17.7 Å². The standard InChI is InChI=1S/C25H38FNO4S/c1-4-7-9-17(8-5-2)16-31-23-15-22(26)21(14-20(23)19-10-11-19)24(28)27-13-12-18(6-3)25(27)32(29)30/h14-15,17-19,25H,4-13,16H2,1-3H3,(H,29,30). The lowest BCUT2D eigenvalue weighted by Gasteiger charge is -2.25. The van der Waals surface area contributed by atoms with Crippen molar-refractivity contribution in [3.05, 3.63) is 29.1 Å². The van der Waals surface area contributed by atoms with E-state index in [2.05, 4.69) is 13.8 Å². The van der Waals surface area contributed by atoms with Crippen LogP contribution in [-0.2, 0) is 11.1 Å². The number of benzene rings is 1. The van der Waals surface area contributed by atoms with E-state index in [0.29, 0.717) is 43.6 Å². The molecule has 1 aliphatic heterocycles. The highest BCUT2D eigenvalue weighted by atomic mass is 32.2. The van der Waals surface area contributed by atoms with Gasteiger partial charge < -0.3 is 14.2 Å². The zero-order chi connectivity index (χ0) is 23.3. The summed E-state index contributed by atoms with van der Waals surface area (Å²) in [5, 5.41) is -0.777. The van der Waals surface area contributed by atoms with Gasteiger partial charge in [-0.1, -0.05) is 46.5 Å². The number of ether oxygens (including phenoxy) is 1. The third kappa shape index (κ3) is 5.90. The number of halogens is 1. The number of rotatable bonds is 12. The molecule has 0 spiro atoms. The lowest BCUT2D eigenvalue weighted by atomic mass is 9.98. The first kappa shape index (κ1) is 25.2. The minimum Gasteiger partial charge on any atom is -0.493 e. The maximum absolute atomic E-state index is 15.1. The van der Waals surface area contributed by atoms with E-state index in [1.807, 2.05) is 6.92 Å². The normalized spacial score (nSPS) is 22.7. The van der Waals surface area contributed by atoms with Gasteiger partial charge in [-0.25, -0.2) is 8.60 Å². The topological polar surface area (TPSA) is 66.8 Å². The first-order valence-electron chi connectivity index (χ1n) is 12.3. The Balaban J connectivity index is 1.81. The van der Waals surface area contributed by atoms with Crippen LogP contribution in [0.15, 0.2) is 12.1 Å². The summed E-state index contributed by atoms with van der Waals surface area (Å²) in [6.45, 7) is 7.24. The summed E-state index contributed by atoms with van der Waals surface area (Å²) in [6, 6.07) is 3.00. The van der Waals surface area contributed by atoms with Crippen LogP contribution in [0.3, 0.4) is 0 Å². The van der Waals surface area contributed by atoms with Crippen molar-refractivity contribution in [1.82, 2.24) is 4.90 Å². The molecule has 1 saturated heterocycles. The summed E-state index contributed by atoms with van der Waals surface area (Å²) in [4.78, 5) is 14.6. The summed E-state index contributed by atoms with van der Waals surface area (Å²) in [7, 11) is 0. The molecule has 2 aliphatic rings. The SMILES string of the molecule is CCCCC(CCC)COc1cc(F)c(C(=O)N2CCC(CC)C2S(=O)O)cc1C1CC1. The molecule has 4 unspecified atom stereocenters. The summed E-state index contributed by atoms with van der Waals surface area (Å²) in [5.41, 5.74) is 0.885. The van der Waals surface area contributed by atoms with E-state index in [4.69, 9.17) is 4.74 Å². The number of likely N-dealkylation sites (tertiary alicyclic amines) is 1. The summed E-state index contributed by atoms with van der Waals surface area (Å²) in [5.74, 6) is 0.143. The van der Waals surface area contributed by atoms with E-state index in [9.17, 15) is 13.6 Å². The molecule has 3 rings (SSSR count). The van der Waals surface area contributed by atoms with Crippen molar-refractivity contribution in [2.75, 3.05) is 13.2 Å². The lowest BCUT2D eigenvalue weighted by molar-refractivity contribution is 0.0759. The van der Waals surface area contributed by atoms with E-state index in [1.54, 1.807) is 6.07 Å². The van der Waals surface area contributed by atoms with E-state index in [1.165, 1.54) is 11.0 Å². The molecule has 0 aromatic heterocycles. The quantitative estimate of drug-likeness (QED) is 0.377. The van der Waals surface area contributed by atoms with E-state index < -0.39 is 28.2 Å². The Hall–Kier alpha value is -1.47. The highest BCUT2D eigenvalue weighted by Gasteiger charge is 2.41. The Kier molecular flexibility index (Phi) is 9.12. The van der Waals surface area contributed by atoms with Gasteiger partial charge in [0.2, 0.25) is 0 Å². The minimum absolute atomic E-state index is 0.0115. The van der Waals surface area contributed by atoms with Crippen molar-refractivity contribution in [2.24, 2.45) is 11.8 Å². The summed E-state index contributed by atoms with van der Waals surface area (Å²) >= 11 is -2.16. The van der Waals surface area contributed by atoms with Gasteiger partial charge in [-0.3, -0.25) is 4.79 Å². The molecule has 1 N–H and O–H groups in total. The summed E-state index contributed by atoms with van der Waals surface area (Å²) in [6.07, 6.45) is 8.98. The molecule has 1 amide bonds. The molecule has 0 bridgehead atoms. The van der Waals surface area contributed by atoms with Crippen molar-refractivity contribution < 1.29 is 22.7 Å². The lowest BCUT2D eigenvalue weighted by Crippen LogP contribution is -2.41. The molecule has 32 heavy (non-hydrogen) atoms. The highest BCUT2D eigenvalue weighted by Crippen LogP contribution is 2.45. The molecular weight excluding hydrogens is 429 g/mol. The third-order valence-corrected chi connectivity index (χ3v) is 7.98. The molecule has 180 valence electrons.